The predicted molar refractivity (Wildman–Crippen MR) is 42.1 cm³/mol. The largest absolute Gasteiger partial charge is 0.299 e. The number of rotatable bonds is 0. The van der Waals surface area contributed by atoms with Crippen LogP contribution in [-0.4, -0.2) is 5.78 Å². The number of hydrogen-bond acceptors (Lipinski definition) is 1. The molecule has 4 bridgehead atoms. The van der Waals surface area contributed by atoms with Gasteiger partial charge in [-0.3, -0.25) is 4.79 Å². The molecule has 4 rings (SSSR count). The fourth-order valence-corrected chi connectivity index (χ4v) is 4.01. The van der Waals surface area contributed by atoms with E-state index in [2.05, 4.69) is 13.8 Å². The Kier molecular flexibility index (Phi) is 0.733. The smallest absolute Gasteiger partial charge is 0.142 e. The molecule has 11 heavy (non-hydrogen) atoms. The van der Waals surface area contributed by atoms with Crippen molar-refractivity contribution in [2.75, 3.05) is 0 Å². The van der Waals surface area contributed by atoms with Gasteiger partial charge in [0.25, 0.3) is 0 Å². The highest BCUT2D eigenvalue weighted by Gasteiger charge is 2.75. The number of Topliss-reactive ketones (excluding diaryl/α,β-unsaturated/α-hetero) is 1. The summed E-state index contributed by atoms with van der Waals surface area (Å²) in [5.41, 5.74) is 0.525. The molecule has 0 N–H and O–H groups in total. The van der Waals surface area contributed by atoms with E-state index in [1.807, 2.05) is 0 Å². The molecule has 0 aromatic rings. The first-order valence-electron chi connectivity index (χ1n) is 4.64. The molecule has 4 aliphatic carbocycles. The quantitative estimate of drug-likeness (QED) is 0.516. The van der Waals surface area contributed by atoms with Crippen molar-refractivity contribution < 1.29 is 4.79 Å². The maximum atomic E-state index is 11.7. The Labute approximate surface area is 67.2 Å². The monoisotopic (exact) mass is 150 g/mol. The van der Waals surface area contributed by atoms with Crippen LogP contribution >= 0.6 is 0 Å². The van der Waals surface area contributed by atoms with E-state index >= 15 is 0 Å². The van der Waals surface area contributed by atoms with Crippen molar-refractivity contribution in [2.24, 2.45) is 22.7 Å². The van der Waals surface area contributed by atoms with Crippen LogP contribution in [0.1, 0.15) is 33.1 Å². The van der Waals surface area contributed by atoms with Crippen LogP contribution in [0.25, 0.3) is 0 Å². The first-order valence-corrected chi connectivity index (χ1v) is 4.64. The third-order valence-corrected chi connectivity index (χ3v) is 5.04. The van der Waals surface area contributed by atoms with Crippen molar-refractivity contribution in [3.05, 3.63) is 0 Å². The Bertz CT molecular complexity index is 258. The van der Waals surface area contributed by atoms with E-state index < -0.39 is 0 Å². The van der Waals surface area contributed by atoms with Crippen LogP contribution in [0.5, 0.6) is 0 Å². The molecular formula is C10H14O. The van der Waals surface area contributed by atoms with Gasteiger partial charge in [-0.2, -0.15) is 0 Å². The van der Waals surface area contributed by atoms with Crippen LogP contribution in [0.3, 0.4) is 0 Å². The summed E-state index contributed by atoms with van der Waals surface area (Å²) >= 11 is 0. The van der Waals surface area contributed by atoms with E-state index in [9.17, 15) is 4.79 Å². The topological polar surface area (TPSA) is 17.1 Å². The molecule has 60 valence electrons. The Morgan fingerprint density at radius 2 is 2.18 bits per heavy atom. The summed E-state index contributed by atoms with van der Waals surface area (Å²) in [6.07, 6.45) is 3.69. The molecule has 0 unspecified atom stereocenters. The summed E-state index contributed by atoms with van der Waals surface area (Å²) in [6, 6.07) is 0. The average molecular weight is 150 g/mol. The van der Waals surface area contributed by atoms with Gasteiger partial charge in [-0.05, 0) is 30.6 Å². The minimum atomic E-state index is 0.0995. The lowest BCUT2D eigenvalue weighted by atomic mass is 9.60. The molecule has 1 heteroatoms. The normalized spacial score (nSPS) is 65.1. The lowest BCUT2D eigenvalue weighted by Crippen LogP contribution is -2.38. The molecular weight excluding hydrogens is 136 g/mol. The standard InChI is InChI=1S/C10H14O/c1-9-4-3-7-6(8(9)11)5-10(7,9)2/h6-7H,3-5H2,1-2H3/t6-,7+,9+,10+/m1/s1. The van der Waals surface area contributed by atoms with Gasteiger partial charge < -0.3 is 0 Å². The Morgan fingerprint density at radius 3 is 2.55 bits per heavy atom. The second-order valence-corrected chi connectivity index (χ2v) is 5.07. The van der Waals surface area contributed by atoms with E-state index in [0.29, 0.717) is 17.1 Å². The van der Waals surface area contributed by atoms with Crippen LogP contribution in [0.2, 0.25) is 0 Å². The highest BCUT2D eigenvalue weighted by Crippen LogP contribution is 2.76. The van der Waals surface area contributed by atoms with E-state index in [0.717, 1.165) is 5.92 Å². The summed E-state index contributed by atoms with van der Waals surface area (Å²) in [7, 11) is 0. The van der Waals surface area contributed by atoms with Crippen LogP contribution in [0.4, 0.5) is 0 Å². The fraction of sp³-hybridized carbons (Fsp3) is 0.900. The summed E-state index contributed by atoms with van der Waals surface area (Å²) in [5, 5.41) is 0. The van der Waals surface area contributed by atoms with Gasteiger partial charge in [0, 0.05) is 11.3 Å². The second kappa shape index (κ2) is 1.30. The van der Waals surface area contributed by atoms with Crippen molar-refractivity contribution in [1.82, 2.24) is 0 Å². The highest BCUT2D eigenvalue weighted by molar-refractivity contribution is 5.94. The molecule has 0 heterocycles. The average Bonchev–Trinajstić information content (AvgIpc) is 2.27. The Balaban J connectivity index is 2.22. The van der Waals surface area contributed by atoms with Crippen LogP contribution in [0, 0.1) is 22.7 Å². The summed E-state index contributed by atoms with van der Waals surface area (Å²) in [6.45, 7) is 4.52. The maximum absolute atomic E-state index is 11.7. The summed E-state index contributed by atoms with van der Waals surface area (Å²) in [4.78, 5) is 11.7. The number of carbonyl (C=O) groups is 1. The molecule has 1 nitrogen and oxygen atoms in total. The molecule has 4 fully saturated rings. The van der Waals surface area contributed by atoms with Crippen molar-refractivity contribution in [3.8, 4) is 0 Å². The van der Waals surface area contributed by atoms with E-state index in [-0.39, 0.29) is 5.41 Å². The van der Waals surface area contributed by atoms with Crippen LogP contribution in [-0.2, 0) is 4.79 Å². The second-order valence-electron chi connectivity index (χ2n) is 5.07. The maximum Gasteiger partial charge on any atom is 0.142 e. The van der Waals surface area contributed by atoms with Crippen LogP contribution < -0.4 is 0 Å². The van der Waals surface area contributed by atoms with Crippen molar-refractivity contribution in [3.63, 3.8) is 0 Å². The molecule has 0 aliphatic heterocycles. The van der Waals surface area contributed by atoms with Crippen molar-refractivity contribution in [1.29, 1.82) is 0 Å². The lowest BCUT2D eigenvalue weighted by Gasteiger charge is -2.43. The van der Waals surface area contributed by atoms with Gasteiger partial charge in [-0.1, -0.05) is 13.8 Å². The molecule has 4 saturated carbocycles. The third-order valence-electron chi connectivity index (χ3n) is 5.04. The van der Waals surface area contributed by atoms with Gasteiger partial charge in [-0.15, -0.1) is 0 Å². The first kappa shape index (κ1) is 6.22. The van der Waals surface area contributed by atoms with Gasteiger partial charge in [0.2, 0.25) is 0 Å². The highest BCUT2D eigenvalue weighted by atomic mass is 16.1. The van der Waals surface area contributed by atoms with Crippen molar-refractivity contribution in [2.45, 2.75) is 33.1 Å². The van der Waals surface area contributed by atoms with E-state index in [4.69, 9.17) is 0 Å². The van der Waals surface area contributed by atoms with Gasteiger partial charge in [0.1, 0.15) is 5.78 Å². The minimum Gasteiger partial charge on any atom is -0.299 e. The molecule has 4 atom stereocenters. The van der Waals surface area contributed by atoms with E-state index in [1.54, 1.807) is 0 Å². The molecule has 0 amide bonds. The summed E-state index contributed by atoms with van der Waals surface area (Å²) in [5.74, 6) is 1.86. The molecule has 0 spiro atoms. The number of hydrogen-bond donors (Lipinski definition) is 0. The third kappa shape index (κ3) is 0.361. The fourth-order valence-electron chi connectivity index (χ4n) is 4.01. The van der Waals surface area contributed by atoms with Gasteiger partial charge >= 0.3 is 0 Å². The Hall–Kier alpha value is -0.330. The molecule has 0 aromatic carbocycles. The number of ketones is 1. The van der Waals surface area contributed by atoms with Gasteiger partial charge in [0.05, 0.1) is 0 Å². The number of carbonyl (C=O) groups excluding carboxylic acids is 1. The minimum absolute atomic E-state index is 0.0995. The predicted octanol–water partition coefficient (Wildman–Crippen LogP) is 2.01. The van der Waals surface area contributed by atoms with E-state index in [1.165, 1.54) is 19.3 Å². The zero-order chi connectivity index (χ0) is 7.85. The van der Waals surface area contributed by atoms with Gasteiger partial charge in [-0.25, -0.2) is 0 Å². The molecule has 0 radical (unpaired) electrons. The Morgan fingerprint density at radius 1 is 1.45 bits per heavy atom. The zero-order valence-corrected chi connectivity index (χ0v) is 7.18. The zero-order valence-electron chi connectivity index (χ0n) is 7.18. The SMILES string of the molecule is C[C@@]12CC[C@H]3[C@@H](C[C@@]31C)C2=O. The lowest BCUT2D eigenvalue weighted by molar-refractivity contribution is -0.128. The first-order chi connectivity index (χ1) is 5.09. The van der Waals surface area contributed by atoms with Crippen molar-refractivity contribution >= 4 is 5.78 Å². The van der Waals surface area contributed by atoms with Gasteiger partial charge in [0.15, 0.2) is 0 Å². The molecule has 4 aliphatic rings. The molecule has 0 aromatic heterocycles. The summed E-state index contributed by atoms with van der Waals surface area (Å²) < 4.78 is 0. The van der Waals surface area contributed by atoms with Crippen LogP contribution in [0.15, 0.2) is 0 Å². The molecule has 0 saturated heterocycles.